The minimum absolute atomic E-state index is 0.401. The molecule has 72 valence electrons. The van der Waals surface area contributed by atoms with Crippen LogP contribution >= 0.6 is 15.9 Å². The summed E-state index contributed by atoms with van der Waals surface area (Å²) in [6.07, 6.45) is 0. The van der Waals surface area contributed by atoms with Crippen LogP contribution < -0.4 is 10.4 Å². The molecule has 4 heteroatoms. The smallest absolute Gasteiger partial charge is 0.350 e. The zero-order chi connectivity index (χ0) is 10.1. The van der Waals surface area contributed by atoms with Crippen LogP contribution in [0.5, 0.6) is 5.75 Å². The van der Waals surface area contributed by atoms with Gasteiger partial charge in [-0.2, -0.15) is 0 Å². The van der Waals surface area contributed by atoms with Gasteiger partial charge in [0, 0.05) is 5.39 Å². The highest BCUT2D eigenvalue weighted by Gasteiger charge is 2.06. The summed E-state index contributed by atoms with van der Waals surface area (Å²) in [5.74, 6) is 0.562. The van der Waals surface area contributed by atoms with Gasteiger partial charge in [0.05, 0.1) is 7.11 Å². The second-order valence-corrected chi connectivity index (χ2v) is 3.61. The lowest BCUT2D eigenvalue weighted by Gasteiger charge is -2.02. The van der Waals surface area contributed by atoms with Crippen molar-refractivity contribution >= 4 is 26.9 Å². The molecule has 0 aliphatic rings. The van der Waals surface area contributed by atoms with E-state index in [0.29, 0.717) is 15.8 Å². The Bertz CT molecular complexity index is 530. The van der Waals surface area contributed by atoms with Crippen molar-refractivity contribution in [1.29, 1.82) is 0 Å². The van der Waals surface area contributed by atoms with Gasteiger partial charge in [-0.15, -0.1) is 0 Å². The van der Waals surface area contributed by atoms with Gasteiger partial charge < -0.3 is 9.15 Å². The van der Waals surface area contributed by atoms with Crippen LogP contribution in [-0.4, -0.2) is 7.11 Å². The summed E-state index contributed by atoms with van der Waals surface area (Å²) in [5.41, 5.74) is 0.0743. The number of rotatable bonds is 1. The van der Waals surface area contributed by atoms with E-state index in [1.807, 2.05) is 12.1 Å². The van der Waals surface area contributed by atoms with Crippen LogP contribution in [0.2, 0.25) is 0 Å². The molecular weight excluding hydrogens is 248 g/mol. The lowest BCUT2D eigenvalue weighted by atomic mass is 10.2. The first-order valence-electron chi connectivity index (χ1n) is 3.99. The molecule has 3 nitrogen and oxygen atoms in total. The molecule has 14 heavy (non-hydrogen) atoms. The van der Waals surface area contributed by atoms with E-state index in [4.69, 9.17) is 9.15 Å². The van der Waals surface area contributed by atoms with Crippen molar-refractivity contribution in [3.8, 4) is 5.75 Å². The van der Waals surface area contributed by atoms with Gasteiger partial charge in [0.15, 0.2) is 11.3 Å². The molecule has 0 aliphatic carbocycles. The Labute approximate surface area is 88.4 Å². The number of hydrogen-bond acceptors (Lipinski definition) is 3. The van der Waals surface area contributed by atoms with Crippen LogP contribution in [0.1, 0.15) is 0 Å². The topological polar surface area (TPSA) is 39.4 Å². The van der Waals surface area contributed by atoms with E-state index in [1.165, 1.54) is 7.11 Å². The van der Waals surface area contributed by atoms with Crippen molar-refractivity contribution in [2.24, 2.45) is 0 Å². The maximum atomic E-state index is 11.2. The van der Waals surface area contributed by atoms with Crippen LogP contribution in [0.4, 0.5) is 0 Å². The lowest BCUT2D eigenvalue weighted by Crippen LogP contribution is -1.99. The van der Waals surface area contributed by atoms with Crippen molar-refractivity contribution in [3.05, 3.63) is 39.2 Å². The van der Waals surface area contributed by atoms with E-state index < -0.39 is 5.63 Å². The minimum atomic E-state index is -0.401. The maximum Gasteiger partial charge on any atom is 0.350 e. The molecule has 0 aliphatic heterocycles. The summed E-state index contributed by atoms with van der Waals surface area (Å²) in [7, 11) is 1.54. The average Bonchev–Trinajstić information content (AvgIpc) is 2.19. The van der Waals surface area contributed by atoms with E-state index in [1.54, 1.807) is 12.1 Å². The molecule has 0 saturated carbocycles. The number of para-hydroxylation sites is 1. The SMILES string of the molecule is COc1cccc2cc(Br)c(=O)oc12. The molecule has 2 aromatic rings. The van der Waals surface area contributed by atoms with Crippen LogP contribution in [0.15, 0.2) is 37.9 Å². The maximum absolute atomic E-state index is 11.2. The summed E-state index contributed by atoms with van der Waals surface area (Å²) in [6, 6.07) is 7.15. The van der Waals surface area contributed by atoms with E-state index in [9.17, 15) is 4.79 Å². The van der Waals surface area contributed by atoms with E-state index in [0.717, 1.165) is 5.39 Å². The van der Waals surface area contributed by atoms with Crippen LogP contribution in [0.25, 0.3) is 11.0 Å². The van der Waals surface area contributed by atoms with Crippen molar-refractivity contribution in [2.45, 2.75) is 0 Å². The fourth-order valence-corrected chi connectivity index (χ4v) is 1.58. The Morgan fingerprint density at radius 1 is 1.43 bits per heavy atom. The van der Waals surface area contributed by atoms with Crippen molar-refractivity contribution < 1.29 is 9.15 Å². The van der Waals surface area contributed by atoms with Crippen molar-refractivity contribution in [1.82, 2.24) is 0 Å². The normalized spacial score (nSPS) is 10.4. The summed E-state index contributed by atoms with van der Waals surface area (Å²) in [5, 5.41) is 0.829. The highest BCUT2D eigenvalue weighted by atomic mass is 79.9. The first kappa shape index (κ1) is 9.27. The molecule has 2 rings (SSSR count). The summed E-state index contributed by atoms with van der Waals surface area (Å²) < 4.78 is 10.6. The number of benzene rings is 1. The fraction of sp³-hybridized carbons (Fsp3) is 0.100. The van der Waals surface area contributed by atoms with Gasteiger partial charge in [-0.05, 0) is 28.1 Å². The van der Waals surface area contributed by atoms with Gasteiger partial charge in [-0.1, -0.05) is 12.1 Å². The Morgan fingerprint density at radius 3 is 2.93 bits per heavy atom. The van der Waals surface area contributed by atoms with Gasteiger partial charge in [-0.25, -0.2) is 4.79 Å². The van der Waals surface area contributed by atoms with Crippen molar-refractivity contribution in [3.63, 3.8) is 0 Å². The summed E-state index contributed by atoms with van der Waals surface area (Å²) in [6.45, 7) is 0. The zero-order valence-electron chi connectivity index (χ0n) is 7.41. The highest BCUT2D eigenvalue weighted by Crippen LogP contribution is 2.25. The Hall–Kier alpha value is -1.29. The number of fused-ring (bicyclic) bond motifs is 1. The Kier molecular flexibility index (Phi) is 2.29. The van der Waals surface area contributed by atoms with Crippen LogP contribution in [-0.2, 0) is 0 Å². The standard InChI is InChI=1S/C10H7BrO3/c1-13-8-4-2-3-6-5-7(11)10(12)14-9(6)8/h2-5H,1H3. The van der Waals surface area contributed by atoms with Gasteiger partial charge in [-0.3, -0.25) is 0 Å². The molecule has 0 amide bonds. The van der Waals surface area contributed by atoms with Gasteiger partial charge >= 0.3 is 5.63 Å². The molecule has 0 atom stereocenters. The highest BCUT2D eigenvalue weighted by molar-refractivity contribution is 9.10. The van der Waals surface area contributed by atoms with Crippen molar-refractivity contribution in [2.75, 3.05) is 7.11 Å². The molecule has 0 unspecified atom stereocenters. The molecule has 0 spiro atoms. The van der Waals surface area contributed by atoms with Gasteiger partial charge in [0.25, 0.3) is 0 Å². The molecule has 1 heterocycles. The lowest BCUT2D eigenvalue weighted by molar-refractivity contribution is 0.406. The first-order chi connectivity index (χ1) is 6.72. The van der Waals surface area contributed by atoms with Gasteiger partial charge in [0.2, 0.25) is 0 Å². The molecule has 0 saturated heterocycles. The number of methoxy groups -OCH3 is 1. The van der Waals surface area contributed by atoms with Crippen LogP contribution in [0.3, 0.4) is 0 Å². The summed E-state index contributed by atoms with van der Waals surface area (Å²) >= 11 is 3.12. The van der Waals surface area contributed by atoms with E-state index in [2.05, 4.69) is 15.9 Å². The molecular formula is C10H7BrO3. The number of ether oxygens (including phenoxy) is 1. The molecule has 0 radical (unpaired) electrons. The Morgan fingerprint density at radius 2 is 2.21 bits per heavy atom. The largest absolute Gasteiger partial charge is 0.493 e. The minimum Gasteiger partial charge on any atom is -0.493 e. The first-order valence-corrected chi connectivity index (χ1v) is 4.78. The predicted molar refractivity (Wildman–Crippen MR) is 56.7 cm³/mol. The predicted octanol–water partition coefficient (Wildman–Crippen LogP) is 2.56. The third kappa shape index (κ3) is 1.42. The average molecular weight is 255 g/mol. The quantitative estimate of drug-likeness (QED) is 0.735. The number of hydrogen-bond donors (Lipinski definition) is 0. The Balaban J connectivity index is 2.88. The molecule has 1 aromatic carbocycles. The number of halogens is 1. The molecule has 0 bridgehead atoms. The van der Waals surface area contributed by atoms with E-state index in [-0.39, 0.29) is 0 Å². The van der Waals surface area contributed by atoms with Crippen LogP contribution in [0, 0.1) is 0 Å². The molecule has 0 N–H and O–H groups in total. The zero-order valence-corrected chi connectivity index (χ0v) is 9.00. The third-order valence-electron chi connectivity index (χ3n) is 1.90. The van der Waals surface area contributed by atoms with Gasteiger partial charge in [0.1, 0.15) is 4.47 Å². The second-order valence-electron chi connectivity index (χ2n) is 2.76. The fourth-order valence-electron chi connectivity index (χ4n) is 1.25. The van der Waals surface area contributed by atoms with E-state index >= 15 is 0 Å². The third-order valence-corrected chi connectivity index (χ3v) is 2.45. The molecule has 1 aromatic heterocycles. The summed E-state index contributed by atoms with van der Waals surface area (Å²) in [4.78, 5) is 11.2. The monoisotopic (exact) mass is 254 g/mol. The molecule has 0 fully saturated rings. The second kappa shape index (κ2) is 3.46.